The van der Waals surface area contributed by atoms with Crippen molar-refractivity contribution in [3.8, 4) is 0 Å². The predicted molar refractivity (Wildman–Crippen MR) is 64.8 cm³/mol. The van der Waals surface area contributed by atoms with Crippen LogP contribution in [0.25, 0.3) is 0 Å². The molecule has 0 saturated carbocycles. The number of hydrogen-bond donors (Lipinski definition) is 1. The molecule has 17 heavy (non-hydrogen) atoms. The van der Waals surface area contributed by atoms with Gasteiger partial charge in [-0.05, 0) is 19.3 Å². The van der Waals surface area contributed by atoms with Gasteiger partial charge in [0, 0.05) is 23.9 Å². The van der Waals surface area contributed by atoms with Gasteiger partial charge in [-0.2, -0.15) is 0 Å². The Hall–Kier alpha value is -0.940. The van der Waals surface area contributed by atoms with Gasteiger partial charge < -0.3 is 10.1 Å². The number of carbonyl (C=O) groups is 1. The van der Waals surface area contributed by atoms with Crippen LogP contribution < -0.4 is 5.32 Å². The van der Waals surface area contributed by atoms with Gasteiger partial charge in [-0.15, -0.1) is 11.3 Å². The predicted octanol–water partition coefficient (Wildman–Crippen LogP) is 1.37. The van der Waals surface area contributed by atoms with Crippen LogP contribution in [0, 0.1) is 5.41 Å². The normalized spacial score (nSPS) is 35.1. The summed E-state index contributed by atoms with van der Waals surface area (Å²) in [5.74, 6) is -0.0785. The molecule has 2 aliphatic rings. The van der Waals surface area contributed by atoms with E-state index in [1.165, 1.54) is 13.5 Å². The van der Waals surface area contributed by atoms with Gasteiger partial charge in [0.25, 0.3) is 0 Å². The number of ether oxygens (including phenoxy) is 1. The molecule has 1 aromatic rings. The average molecular weight is 252 g/mol. The molecule has 0 unspecified atom stereocenters. The van der Waals surface area contributed by atoms with Gasteiger partial charge in [-0.25, -0.2) is 4.98 Å². The van der Waals surface area contributed by atoms with E-state index in [0.29, 0.717) is 12.5 Å². The summed E-state index contributed by atoms with van der Waals surface area (Å²) < 4.78 is 5.04. The van der Waals surface area contributed by atoms with E-state index in [1.807, 2.05) is 10.9 Å². The zero-order chi connectivity index (χ0) is 11.9. The first kappa shape index (κ1) is 11.2. The van der Waals surface area contributed by atoms with Gasteiger partial charge in [-0.3, -0.25) is 4.79 Å². The van der Waals surface area contributed by atoms with E-state index in [9.17, 15) is 4.79 Å². The summed E-state index contributed by atoms with van der Waals surface area (Å²) in [7, 11) is 1.48. The fraction of sp³-hybridized carbons (Fsp3) is 0.667. The van der Waals surface area contributed by atoms with E-state index >= 15 is 0 Å². The van der Waals surface area contributed by atoms with Gasteiger partial charge in [0.1, 0.15) is 0 Å². The van der Waals surface area contributed by atoms with Crippen molar-refractivity contribution in [1.82, 2.24) is 10.3 Å². The summed E-state index contributed by atoms with van der Waals surface area (Å²) in [5, 5.41) is 5.55. The summed E-state index contributed by atoms with van der Waals surface area (Å²) in [6, 6.07) is 0.749. The SMILES string of the molecule is COC(=O)[C@@]1(Cc2cscn2)C[C@H]2CC[C@@H]1N2. The van der Waals surface area contributed by atoms with E-state index in [-0.39, 0.29) is 17.4 Å². The molecule has 1 N–H and O–H groups in total. The molecule has 0 radical (unpaired) electrons. The number of aromatic nitrogens is 1. The van der Waals surface area contributed by atoms with Crippen LogP contribution in [0.1, 0.15) is 25.0 Å². The minimum Gasteiger partial charge on any atom is -0.469 e. The summed E-state index contributed by atoms with van der Waals surface area (Å²) in [5.41, 5.74) is 2.45. The molecule has 0 spiro atoms. The van der Waals surface area contributed by atoms with Gasteiger partial charge in [0.05, 0.1) is 23.7 Å². The zero-order valence-corrected chi connectivity index (χ0v) is 10.6. The highest BCUT2D eigenvalue weighted by Crippen LogP contribution is 2.46. The van der Waals surface area contributed by atoms with Crippen LogP contribution in [-0.2, 0) is 16.0 Å². The Balaban J connectivity index is 1.89. The third-order valence-corrected chi connectivity index (χ3v) is 4.73. The molecule has 2 fully saturated rings. The molecule has 2 saturated heterocycles. The fourth-order valence-corrected chi connectivity index (χ4v) is 3.90. The molecule has 92 valence electrons. The number of carbonyl (C=O) groups excluding carboxylic acids is 1. The Labute approximate surface area is 104 Å². The second-order valence-electron chi connectivity index (χ2n) is 5.00. The molecule has 0 amide bonds. The van der Waals surface area contributed by atoms with Crippen LogP contribution >= 0.6 is 11.3 Å². The molecule has 3 rings (SSSR count). The number of hydrogen-bond acceptors (Lipinski definition) is 5. The van der Waals surface area contributed by atoms with Crippen LogP contribution in [-0.4, -0.2) is 30.1 Å². The number of rotatable bonds is 3. The van der Waals surface area contributed by atoms with Crippen LogP contribution in [0.3, 0.4) is 0 Å². The Bertz CT molecular complexity index is 420. The highest BCUT2D eigenvalue weighted by atomic mass is 32.1. The molecule has 3 heterocycles. The molecule has 3 atom stereocenters. The van der Waals surface area contributed by atoms with Crippen LogP contribution in [0.2, 0.25) is 0 Å². The molecule has 0 aliphatic carbocycles. The van der Waals surface area contributed by atoms with Crippen LogP contribution in [0.15, 0.2) is 10.9 Å². The number of esters is 1. The highest BCUT2D eigenvalue weighted by molar-refractivity contribution is 7.07. The lowest BCUT2D eigenvalue weighted by molar-refractivity contribution is -0.154. The van der Waals surface area contributed by atoms with Crippen LogP contribution in [0.5, 0.6) is 0 Å². The minimum absolute atomic E-state index is 0.0785. The fourth-order valence-electron chi connectivity index (χ4n) is 3.34. The summed E-state index contributed by atoms with van der Waals surface area (Å²) in [6.07, 6.45) is 3.85. The lowest BCUT2D eigenvalue weighted by Gasteiger charge is -2.33. The lowest BCUT2D eigenvalue weighted by atomic mass is 9.71. The smallest absolute Gasteiger partial charge is 0.313 e. The maximum atomic E-state index is 12.2. The molecule has 4 nitrogen and oxygen atoms in total. The number of methoxy groups -OCH3 is 1. The summed E-state index contributed by atoms with van der Waals surface area (Å²) in [4.78, 5) is 16.5. The van der Waals surface area contributed by atoms with Crippen molar-refractivity contribution in [3.05, 3.63) is 16.6 Å². The van der Waals surface area contributed by atoms with Crippen molar-refractivity contribution < 1.29 is 9.53 Å². The largest absolute Gasteiger partial charge is 0.469 e. The summed E-state index contributed by atoms with van der Waals surface area (Å²) >= 11 is 1.58. The first-order chi connectivity index (χ1) is 8.24. The number of nitrogens with zero attached hydrogens (tertiary/aromatic N) is 1. The van der Waals surface area contributed by atoms with Gasteiger partial charge in [0.15, 0.2) is 0 Å². The molecule has 2 aliphatic heterocycles. The Morgan fingerprint density at radius 2 is 2.59 bits per heavy atom. The van der Waals surface area contributed by atoms with Crippen LogP contribution in [0.4, 0.5) is 0 Å². The number of fused-ring (bicyclic) bond motifs is 2. The third-order valence-electron chi connectivity index (χ3n) is 4.09. The second-order valence-corrected chi connectivity index (χ2v) is 5.72. The maximum Gasteiger partial charge on any atom is 0.313 e. The van der Waals surface area contributed by atoms with Crippen molar-refractivity contribution >= 4 is 17.3 Å². The third kappa shape index (κ3) is 1.68. The van der Waals surface area contributed by atoms with Crippen molar-refractivity contribution in [2.24, 2.45) is 5.41 Å². The molecule has 1 aromatic heterocycles. The first-order valence-corrected chi connectivity index (χ1v) is 6.90. The second kappa shape index (κ2) is 4.07. The molecule has 2 bridgehead atoms. The van der Waals surface area contributed by atoms with E-state index in [1.54, 1.807) is 11.3 Å². The average Bonchev–Trinajstić information content (AvgIpc) is 3.04. The van der Waals surface area contributed by atoms with E-state index in [0.717, 1.165) is 18.5 Å². The van der Waals surface area contributed by atoms with Gasteiger partial charge >= 0.3 is 5.97 Å². The number of nitrogens with one attached hydrogen (secondary N) is 1. The van der Waals surface area contributed by atoms with E-state index in [2.05, 4.69) is 10.3 Å². The highest BCUT2D eigenvalue weighted by Gasteiger charge is 2.56. The standard InChI is InChI=1S/C12H16N2O2S/c1-16-11(15)12(5-9-6-17-7-13-9)4-8-2-3-10(12)14-8/h6-8,10,14H,2-5H2,1H3/t8-,10+,12-/m1/s1. The molecular formula is C12H16N2O2S. The van der Waals surface area contributed by atoms with Gasteiger partial charge in [0.2, 0.25) is 0 Å². The Morgan fingerprint density at radius 3 is 3.12 bits per heavy atom. The molecular weight excluding hydrogens is 236 g/mol. The van der Waals surface area contributed by atoms with E-state index in [4.69, 9.17) is 4.74 Å². The van der Waals surface area contributed by atoms with Crippen molar-refractivity contribution in [3.63, 3.8) is 0 Å². The zero-order valence-electron chi connectivity index (χ0n) is 9.81. The summed E-state index contributed by atoms with van der Waals surface area (Å²) in [6.45, 7) is 0. The first-order valence-electron chi connectivity index (χ1n) is 5.96. The van der Waals surface area contributed by atoms with Crippen molar-refractivity contribution in [2.45, 2.75) is 37.8 Å². The minimum atomic E-state index is -0.383. The Kier molecular flexibility index (Phi) is 2.67. The molecule has 5 heteroatoms. The molecule has 0 aromatic carbocycles. The lowest BCUT2D eigenvalue weighted by Crippen LogP contribution is -2.44. The van der Waals surface area contributed by atoms with Gasteiger partial charge in [-0.1, -0.05) is 0 Å². The quantitative estimate of drug-likeness (QED) is 0.826. The Morgan fingerprint density at radius 1 is 1.71 bits per heavy atom. The maximum absolute atomic E-state index is 12.2. The van der Waals surface area contributed by atoms with E-state index < -0.39 is 0 Å². The topological polar surface area (TPSA) is 51.2 Å². The monoisotopic (exact) mass is 252 g/mol. The number of thiazole rings is 1. The van der Waals surface area contributed by atoms with Crippen molar-refractivity contribution in [2.75, 3.05) is 7.11 Å². The van der Waals surface area contributed by atoms with Crippen molar-refractivity contribution in [1.29, 1.82) is 0 Å².